The van der Waals surface area contributed by atoms with Crippen molar-refractivity contribution >= 4 is 15.9 Å². The minimum absolute atomic E-state index is 0.126. The molecule has 0 aliphatic carbocycles. The molecule has 2 aromatic heterocycles. The Labute approximate surface area is 181 Å². The molecule has 1 atom stereocenters. The third-order valence-corrected chi connectivity index (χ3v) is 7.39. The van der Waals surface area contributed by atoms with Crippen LogP contribution >= 0.6 is 0 Å². The van der Waals surface area contributed by atoms with E-state index < -0.39 is 15.9 Å². The molecule has 0 bridgehead atoms. The Balaban J connectivity index is 1.42. The molecule has 0 radical (unpaired) electrons. The van der Waals surface area contributed by atoms with Crippen LogP contribution in [-0.2, 0) is 21.4 Å². The highest BCUT2D eigenvalue weighted by Gasteiger charge is 2.35. The number of H-pyrrole nitrogens is 1. The maximum absolute atomic E-state index is 13.1. The quantitative estimate of drug-likeness (QED) is 0.610. The minimum atomic E-state index is -3.83. The number of benzene rings is 1. The number of rotatable bonds is 6. The summed E-state index contributed by atoms with van der Waals surface area (Å²) >= 11 is 0. The Bertz CT molecular complexity index is 1170. The van der Waals surface area contributed by atoms with Crippen molar-refractivity contribution in [3.05, 3.63) is 59.3 Å². The SMILES string of the molecule is Cc1ccc(C)c(CNC(=O)[C@H]2CCCN(S(=O)(=O)c3ccc(-c4ccn[nH]4)o3)C2)c1. The number of piperidine rings is 1. The fourth-order valence-electron chi connectivity index (χ4n) is 3.82. The number of hydrogen-bond acceptors (Lipinski definition) is 5. The van der Waals surface area contributed by atoms with Gasteiger partial charge >= 0.3 is 0 Å². The van der Waals surface area contributed by atoms with Crippen molar-refractivity contribution < 1.29 is 17.6 Å². The van der Waals surface area contributed by atoms with Crippen molar-refractivity contribution in [2.75, 3.05) is 13.1 Å². The number of aryl methyl sites for hydroxylation is 2. The second-order valence-corrected chi connectivity index (χ2v) is 9.81. The molecule has 1 saturated heterocycles. The van der Waals surface area contributed by atoms with E-state index in [1.54, 1.807) is 18.3 Å². The van der Waals surface area contributed by atoms with Gasteiger partial charge in [0.15, 0.2) is 5.76 Å². The molecule has 164 valence electrons. The van der Waals surface area contributed by atoms with Crippen molar-refractivity contribution in [2.45, 2.75) is 38.3 Å². The van der Waals surface area contributed by atoms with E-state index in [1.165, 1.54) is 10.4 Å². The first-order valence-electron chi connectivity index (χ1n) is 10.3. The van der Waals surface area contributed by atoms with E-state index >= 15 is 0 Å². The highest BCUT2D eigenvalue weighted by Crippen LogP contribution is 2.28. The van der Waals surface area contributed by atoms with E-state index in [2.05, 4.69) is 21.6 Å². The molecule has 3 aromatic rings. The summed E-state index contributed by atoms with van der Waals surface area (Å²) in [5.41, 5.74) is 3.92. The van der Waals surface area contributed by atoms with E-state index in [9.17, 15) is 13.2 Å². The average Bonchev–Trinajstić information content (AvgIpc) is 3.46. The number of carbonyl (C=O) groups is 1. The van der Waals surface area contributed by atoms with Gasteiger partial charge < -0.3 is 9.73 Å². The predicted octanol–water partition coefficient (Wildman–Crippen LogP) is 3.00. The molecule has 8 nitrogen and oxygen atoms in total. The summed E-state index contributed by atoms with van der Waals surface area (Å²) in [6, 6.07) is 10.9. The number of amides is 1. The molecule has 0 unspecified atom stereocenters. The first-order chi connectivity index (χ1) is 14.8. The summed E-state index contributed by atoms with van der Waals surface area (Å²) in [4.78, 5) is 12.8. The predicted molar refractivity (Wildman–Crippen MR) is 116 cm³/mol. The van der Waals surface area contributed by atoms with Gasteiger partial charge in [0.25, 0.3) is 10.0 Å². The van der Waals surface area contributed by atoms with Crippen LogP contribution in [0.4, 0.5) is 0 Å². The average molecular weight is 443 g/mol. The van der Waals surface area contributed by atoms with Gasteiger partial charge in [-0.25, -0.2) is 8.42 Å². The number of nitrogens with zero attached hydrogens (tertiary/aromatic N) is 2. The molecule has 31 heavy (non-hydrogen) atoms. The second kappa shape index (κ2) is 8.68. The smallest absolute Gasteiger partial charge is 0.276 e. The summed E-state index contributed by atoms with van der Waals surface area (Å²) in [7, 11) is -3.83. The maximum Gasteiger partial charge on any atom is 0.276 e. The zero-order valence-electron chi connectivity index (χ0n) is 17.6. The van der Waals surface area contributed by atoms with Crippen LogP contribution in [0.3, 0.4) is 0 Å². The lowest BCUT2D eigenvalue weighted by Crippen LogP contribution is -2.45. The van der Waals surface area contributed by atoms with Gasteiger partial charge in [-0.1, -0.05) is 23.8 Å². The molecular weight excluding hydrogens is 416 g/mol. The summed E-state index contributed by atoms with van der Waals surface area (Å²) in [5.74, 6) is -0.120. The van der Waals surface area contributed by atoms with Crippen LogP contribution in [-0.4, -0.2) is 41.9 Å². The van der Waals surface area contributed by atoms with Crippen LogP contribution < -0.4 is 5.32 Å². The molecule has 1 fully saturated rings. The van der Waals surface area contributed by atoms with Gasteiger partial charge in [0.2, 0.25) is 11.0 Å². The third-order valence-electron chi connectivity index (χ3n) is 5.65. The summed E-state index contributed by atoms with van der Waals surface area (Å²) in [6.07, 6.45) is 2.84. The number of aromatic amines is 1. The van der Waals surface area contributed by atoms with Crippen LogP contribution in [0.25, 0.3) is 11.5 Å². The van der Waals surface area contributed by atoms with Crippen LogP contribution in [0.1, 0.15) is 29.5 Å². The van der Waals surface area contributed by atoms with Crippen molar-refractivity contribution in [1.29, 1.82) is 0 Å². The van der Waals surface area contributed by atoms with Gasteiger partial charge in [-0.05, 0) is 56.0 Å². The van der Waals surface area contributed by atoms with E-state index in [0.29, 0.717) is 37.4 Å². The third kappa shape index (κ3) is 4.57. The van der Waals surface area contributed by atoms with Gasteiger partial charge in [0.1, 0.15) is 5.69 Å². The van der Waals surface area contributed by atoms with Crippen LogP contribution in [0.15, 0.2) is 52.1 Å². The van der Waals surface area contributed by atoms with E-state index in [-0.39, 0.29) is 17.5 Å². The van der Waals surface area contributed by atoms with E-state index in [0.717, 1.165) is 16.7 Å². The minimum Gasteiger partial charge on any atom is -0.442 e. The van der Waals surface area contributed by atoms with Crippen LogP contribution in [0, 0.1) is 19.8 Å². The second-order valence-electron chi connectivity index (χ2n) is 7.94. The molecule has 3 heterocycles. The van der Waals surface area contributed by atoms with Crippen LogP contribution in [0.2, 0.25) is 0 Å². The molecule has 1 amide bonds. The first-order valence-corrected chi connectivity index (χ1v) is 11.7. The maximum atomic E-state index is 13.1. The summed E-state index contributed by atoms with van der Waals surface area (Å²) in [5, 5.41) is 9.44. The Morgan fingerprint density at radius 1 is 1.26 bits per heavy atom. The lowest BCUT2D eigenvalue weighted by Gasteiger charge is -2.30. The molecule has 1 aliphatic heterocycles. The molecule has 1 aromatic carbocycles. The fraction of sp³-hybridized carbons (Fsp3) is 0.364. The molecule has 9 heteroatoms. The Hall–Kier alpha value is -2.91. The van der Waals surface area contributed by atoms with Crippen molar-refractivity contribution in [2.24, 2.45) is 5.92 Å². The Kier molecular flexibility index (Phi) is 5.97. The Morgan fingerprint density at radius 3 is 2.87 bits per heavy atom. The zero-order valence-corrected chi connectivity index (χ0v) is 18.4. The van der Waals surface area contributed by atoms with Gasteiger partial charge in [-0.3, -0.25) is 9.89 Å². The standard InChI is InChI=1S/C22H26N4O4S/c1-15-5-6-16(2)18(12-15)13-23-22(27)17-4-3-11-26(14-17)31(28,29)21-8-7-20(30-21)19-9-10-24-25-19/h5-10,12,17H,3-4,11,13-14H2,1-2H3,(H,23,27)(H,24,25)/t17-/m0/s1. The number of aromatic nitrogens is 2. The molecule has 2 N–H and O–H groups in total. The monoisotopic (exact) mass is 442 g/mol. The van der Waals surface area contributed by atoms with E-state index in [4.69, 9.17) is 4.42 Å². The topological polar surface area (TPSA) is 108 Å². The van der Waals surface area contributed by atoms with Gasteiger partial charge in [-0.2, -0.15) is 9.40 Å². The number of carbonyl (C=O) groups excluding carboxylic acids is 1. The van der Waals surface area contributed by atoms with Gasteiger partial charge in [-0.15, -0.1) is 0 Å². The van der Waals surface area contributed by atoms with Crippen LogP contribution in [0.5, 0.6) is 0 Å². The van der Waals surface area contributed by atoms with Crippen molar-refractivity contribution in [3.63, 3.8) is 0 Å². The highest BCUT2D eigenvalue weighted by atomic mass is 32.2. The van der Waals surface area contributed by atoms with Crippen molar-refractivity contribution in [3.8, 4) is 11.5 Å². The van der Waals surface area contributed by atoms with Gasteiger partial charge in [0, 0.05) is 25.8 Å². The summed E-state index contributed by atoms with van der Waals surface area (Å²) < 4.78 is 33.1. The molecule has 1 aliphatic rings. The number of nitrogens with one attached hydrogen (secondary N) is 2. The molecule has 0 spiro atoms. The molecule has 4 rings (SSSR count). The fourth-order valence-corrected chi connectivity index (χ4v) is 5.25. The largest absolute Gasteiger partial charge is 0.442 e. The zero-order chi connectivity index (χ0) is 22.0. The molecule has 0 saturated carbocycles. The van der Waals surface area contributed by atoms with Gasteiger partial charge in [0.05, 0.1) is 5.92 Å². The first kappa shape index (κ1) is 21.3. The lowest BCUT2D eigenvalue weighted by atomic mass is 9.98. The highest BCUT2D eigenvalue weighted by molar-refractivity contribution is 7.89. The molecular formula is C22H26N4O4S. The number of furan rings is 1. The lowest BCUT2D eigenvalue weighted by molar-refractivity contribution is -0.126. The Morgan fingerprint density at radius 2 is 2.10 bits per heavy atom. The number of sulfonamides is 1. The van der Waals surface area contributed by atoms with E-state index in [1.807, 2.05) is 26.0 Å². The summed E-state index contributed by atoms with van der Waals surface area (Å²) in [6.45, 7) is 4.96. The number of hydrogen-bond donors (Lipinski definition) is 2. The van der Waals surface area contributed by atoms with Crippen molar-refractivity contribution in [1.82, 2.24) is 19.8 Å². The normalized spacial score (nSPS) is 17.5.